The van der Waals surface area contributed by atoms with Crippen LogP contribution in [-0.4, -0.2) is 46.2 Å². The molecule has 2 rings (SSSR count). The Morgan fingerprint density at radius 2 is 2.10 bits per heavy atom. The lowest BCUT2D eigenvalue weighted by Gasteiger charge is -2.32. The van der Waals surface area contributed by atoms with Gasteiger partial charge in [-0.2, -0.15) is 0 Å². The molecule has 1 aliphatic heterocycles. The maximum absolute atomic E-state index is 12.5. The smallest absolute Gasteiger partial charge is 0.272 e. The van der Waals surface area contributed by atoms with Crippen LogP contribution in [0.3, 0.4) is 0 Å². The van der Waals surface area contributed by atoms with Gasteiger partial charge in [0.1, 0.15) is 5.69 Å². The number of rotatable bonds is 4. The van der Waals surface area contributed by atoms with E-state index in [1.54, 1.807) is 6.33 Å². The Balaban J connectivity index is 1.89. The average Bonchev–Trinajstić information content (AvgIpc) is 2.76. The molecule has 1 fully saturated rings. The van der Waals surface area contributed by atoms with Crippen molar-refractivity contribution < 1.29 is 9.53 Å². The highest BCUT2D eigenvalue weighted by Gasteiger charge is 2.26. The second-order valence-corrected chi connectivity index (χ2v) is 5.91. The second-order valence-electron chi connectivity index (χ2n) is 5.91. The van der Waals surface area contributed by atoms with Crippen LogP contribution in [0, 0.1) is 12.8 Å². The molecule has 0 bridgehead atoms. The Kier molecular flexibility index (Phi) is 4.81. The molecule has 0 atom stereocenters. The van der Waals surface area contributed by atoms with Crippen molar-refractivity contribution in [2.45, 2.75) is 39.7 Å². The summed E-state index contributed by atoms with van der Waals surface area (Å²) in [5, 5.41) is 0. The van der Waals surface area contributed by atoms with Crippen LogP contribution in [0.15, 0.2) is 6.33 Å². The molecule has 1 amide bonds. The third-order valence-corrected chi connectivity index (χ3v) is 3.89. The molecule has 5 nitrogen and oxygen atoms in total. The Labute approximate surface area is 120 Å². The van der Waals surface area contributed by atoms with Crippen LogP contribution in [0.5, 0.6) is 0 Å². The minimum atomic E-state index is 0.103. The summed E-state index contributed by atoms with van der Waals surface area (Å²) in [7, 11) is 1.87. The van der Waals surface area contributed by atoms with Gasteiger partial charge in [-0.05, 0) is 39.5 Å². The summed E-state index contributed by atoms with van der Waals surface area (Å²) < 4.78 is 7.48. The van der Waals surface area contributed by atoms with Gasteiger partial charge in [-0.15, -0.1) is 0 Å². The van der Waals surface area contributed by atoms with Crippen LogP contribution in [-0.2, 0) is 11.8 Å². The number of hydrogen-bond acceptors (Lipinski definition) is 3. The number of nitrogens with zero attached hydrogens (tertiary/aromatic N) is 3. The Morgan fingerprint density at radius 3 is 2.60 bits per heavy atom. The van der Waals surface area contributed by atoms with Crippen molar-refractivity contribution in [3.8, 4) is 0 Å². The number of aryl methyl sites for hydroxylation is 2. The molecule has 20 heavy (non-hydrogen) atoms. The molecule has 1 aromatic heterocycles. The normalized spacial score (nSPS) is 16.9. The zero-order chi connectivity index (χ0) is 14.7. The molecule has 0 saturated carbocycles. The van der Waals surface area contributed by atoms with Crippen molar-refractivity contribution in [2.75, 3.05) is 19.7 Å². The number of amides is 1. The van der Waals surface area contributed by atoms with Crippen molar-refractivity contribution in [3.63, 3.8) is 0 Å². The van der Waals surface area contributed by atoms with Gasteiger partial charge < -0.3 is 14.2 Å². The lowest BCUT2D eigenvalue weighted by molar-refractivity contribution is 0.0284. The summed E-state index contributed by atoms with van der Waals surface area (Å²) in [6, 6.07) is 0. The average molecular weight is 279 g/mol. The van der Waals surface area contributed by atoms with Gasteiger partial charge in [0.25, 0.3) is 5.91 Å². The number of likely N-dealkylation sites (tertiary alicyclic amines) is 1. The Bertz CT molecular complexity index is 440. The zero-order valence-corrected chi connectivity index (χ0v) is 12.9. The maximum Gasteiger partial charge on any atom is 0.272 e. The van der Waals surface area contributed by atoms with Crippen molar-refractivity contribution in [1.29, 1.82) is 0 Å². The predicted molar refractivity (Wildman–Crippen MR) is 77.7 cm³/mol. The van der Waals surface area contributed by atoms with Crippen LogP contribution < -0.4 is 0 Å². The number of imidazole rings is 1. The molecule has 1 saturated heterocycles. The summed E-state index contributed by atoms with van der Waals surface area (Å²) in [5.74, 6) is 0.680. The van der Waals surface area contributed by atoms with Crippen LogP contribution in [0.1, 0.15) is 42.9 Å². The number of hydrogen-bond donors (Lipinski definition) is 0. The van der Waals surface area contributed by atoms with Gasteiger partial charge in [-0.25, -0.2) is 4.98 Å². The fourth-order valence-corrected chi connectivity index (χ4v) is 2.63. The first-order valence-electron chi connectivity index (χ1n) is 7.37. The lowest BCUT2D eigenvalue weighted by Crippen LogP contribution is -2.40. The molecule has 5 heteroatoms. The first-order chi connectivity index (χ1) is 9.49. The molecular weight excluding hydrogens is 254 g/mol. The Morgan fingerprint density at radius 1 is 1.45 bits per heavy atom. The lowest BCUT2D eigenvalue weighted by atomic mass is 9.97. The van der Waals surface area contributed by atoms with Gasteiger partial charge in [-0.1, -0.05) is 0 Å². The van der Waals surface area contributed by atoms with E-state index in [4.69, 9.17) is 4.74 Å². The van der Waals surface area contributed by atoms with Crippen molar-refractivity contribution >= 4 is 5.91 Å². The predicted octanol–water partition coefficient (Wildman–Crippen LogP) is 2.01. The molecular formula is C15H25N3O2. The molecule has 1 aromatic rings. The molecule has 112 valence electrons. The number of carbonyl (C=O) groups is 1. The van der Waals surface area contributed by atoms with E-state index in [2.05, 4.69) is 18.8 Å². The molecule has 0 aliphatic carbocycles. The van der Waals surface area contributed by atoms with Gasteiger partial charge in [-0.3, -0.25) is 4.79 Å². The minimum Gasteiger partial charge on any atom is -0.379 e. The van der Waals surface area contributed by atoms with E-state index in [-0.39, 0.29) is 12.0 Å². The molecule has 0 aromatic carbocycles. The Hall–Kier alpha value is -1.36. The van der Waals surface area contributed by atoms with Gasteiger partial charge in [0.15, 0.2) is 0 Å². The third-order valence-electron chi connectivity index (χ3n) is 3.89. The van der Waals surface area contributed by atoms with Gasteiger partial charge in [0.2, 0.25) is 0 Å². The number of piperidine rings is 1. The van der Waals surface area contributed by atoms with Gasteiger partial charge in [0, 0.05) is 26.7 Å². The van der Waals surface area contributed by atoms with E-state index in [0.29, 0.717) is 11.6 Å². The van der Waals surface area contributed by atoms with Gasteiger partial charge in [0.05, 0.1) is 18.1 Å². The van der Waals surface area contributed by atoms with E-state index in [1.165, 1.54) is 0 Å². The second kappa shape index (κ2) is 6.39. The molecule has 0 N–H and O–H groups in total. The molecule has 2 heterocycles. The number of ether oxygens (including phenoxy) is 1. The van der Waals surface area contributed by atoms with Gasteiger partial charge >= 0.3 is 0 Å². The zero-order valence-electron chi connectivity index (χ0n) is 12.9. The fourth-order valence-electron chi connectivity index (χ4n) is 2.63. The highest BCUT2D eigenvalue weighted by Crippen LogP contribution is 2.20. The van der Waals surface area contributed by atoms with E-state index >= 15 is 0 Å². The van der Waals surface area contributed by atoms with Crippen LogP contribution in [0.25, 0.3) is 0 Å². The van der Waals surface area contributed by atoms with Crippen LogP contribution in [0.4, 0.5) is 0 Å². The molecule has 0 spiro atoms. The highest BCUT2D eigenvalue weighted by molar-refractivity contribution is 5.93. The van der Waals surface area contributed by atoms with E-state index in [1.807, 2.05) is 23.4 Å². The monoisotopic (exact) mass is 279 g/mol. The van der Waals surface area contributed by atoms with E-state index < -0.39 is 0 Å². The summed E-state index contributed by atoms with van der Waals surface area (Å²) in [4.78, 5) is 18.6. The largest absolute Gasteiger partial charge is 0.379 e. The van der Waals surface area contributed by atoms with Crippen LogP contribution >= 0.6 is 0 Å². The summed E-state index contributed by atoms with van der Waals surface area (Å²) in [6.07, 6.45) is 4.03. The van der Waals surface area contributed by atoms with E-state index in [0.717, 1.165) is 38.2 Å². The summed E-state index contributed by atoms with van der Waals surface area (Å²) in [6.45, 7) is 8.44. The summed E-state index contributed by atoms with van der Waals surface area (Å²) in [5.41, 5.74) is 1.52. The topological polar surface area (TPSA) is 47.4 Å². The molecule has 1 aliphatic rings. The third kappa shape index (κ3) is 3.39. The van der Waals surface area contributed by atoms with Crippen molar-refractivity contribution in [3.05, 3.63) is 17.7 Å². The number of aromatic nitrogens is 2. The standard InChI is InChI=1S/C15H25N3O2/c1-11(2)20-9-13-5-7-18(8-6-13)15(19)14-12(3)16-10-17(14)4/h10-11,13H,5-9H2,1-4H3. The SMILES string of the molecule is Cc1ncn(C)c1C(=O)N1CCC(COC(C)C)CC1. The molecule has 0 unspecified atom stereocenters. The number of carbonyl (C=O) groups excluding carboxylic acids is 1. The van der Waals surface area contributed by atoms with Crippen molar-refractivity contribution in [1.82, 2.24) is 14.5 Å². The molecule has 0 radical (unpaired) electrons. The highest BCUT2D eigenvalue weighted by atomic mass is 16.5. The first-order valence-corrected chi connectivity index (χ1v) is 7.37. The van der Waals surface area contributed by atoms with Crippen molar-refractivity contribution in [2.24, 2.45) is 13.0 Å². The van der Waals surface area contributed by atoms with Crippen LogP contribution in [0.2, 0.25) is 0 Å². The quantitative estimate of drug-likeness (QED) is 0.847. The maximum atomic E-state index is 12.5. The first kappa shape index (κ1) is 15.0. The van der Waals surface area contributed by atoms with E-state index in [9.17, 15) is 4.79 Å². The fraction of sp³-hybridized carbons (Fsp3) is 0.733. The minimum absolute atomic E-state index is 0.103. The summed E-state index contributed by atoms with van der Waals surface area (Å²) >= 11 is 0.